The lowest BCUT2D eigenvalue weighted by Crippen LogP contribution is -2.58. The van der Waals surface area contributed by atoms with E-state index < -0.39 is 84.6 Å². The minimum atomic E-state index is -1.04. The molecule has 0 bridgehead atoms. The van der Waals surface area contributed by atoms with E-state index in [0.29, 0.717) is 24.5 Å². The molecule has 0 fully saturated rings. The molecule has 0 aromatic heterocycles. The van der Waals surface area contributed by atoms with E-state index in [0.717, 1.165) is 40.3 Å². The van der Waals surface area contributed by atoms with Crippen molar-refractivity contribution < 1.29 is 102 Å². The number of imide groups is 6. The molecule has 0 atom stereocenters. The van der Waals surface area contributed by atoms with Crippen LogP contribution in [0.2, 0.25) is 0 Å². The highest BCUT2D eigenvalue weighted by molar-refractivity contribution is 5.96. The smallest absolute Gasteiger partial charge is 0.417 e. The van der Waals surface area contributed by atoms with Crippen LogP contribution in [0.3, 0.4) is 0 Å². The molecule has 0 aromatic rings. The maximum Gasteiger partial charge on any atom is 0.417 e. The van der Waals surface area contributed by atoms with E-state index in [4.69, 9.17) is 10.5 Å². The lowest BCUT2D eigenvalue weighted by molar-refractivity contribution is 0.110. The lowest BCUT2D eigenvalue weighted by atomic mass is 10.7. The summed E-state index contributed by atoms with van der Waals surface area (Å²) in [6, 6.07) is -9.55. The van der Waals surface area contributed by atoms with Crippen molar-refractivity contribution in [2.75, 3.05) is 84.8 Å². The third-order valence-electron chi connectivity index (χ3n) is 6.23. The molecule has 70 heavy (non-hydrogen) atoms. The predicted octanol–water partition coefficient (Wildman–Crippen LogP) is -5.45. The average Bonchev–Trinajstić information content (AvgIpc) is 3.35. The summed E-state index contributed by atoms with van der Waals surface area (Å²) < 4.78 is 12.7. The number of nitriles is 2. The van der Waals surface area contributed by atoms with Gasteiger partial charge in [0, 0.05) is 63.4 Å². The van der Waals surface area contributed by atoms with Crippen LogP contribution < -0.4 is 70.3 Å². The molecule has 42 heteroatoms. The molecule has 0 unspecified atom stereocenters. The number of carbonyl (C=O) groups is 14. The molecule has 396 valence electrons. The van der Waals surface area contributed by atoms with Crippen molar-refractivity contribution in [2.24, 2.45) is 0 Å². The Morgan fingerprint density at radius 2 is 0.543 bits per heavy atom. The fraction of sp³-hybridized carbons (Fsp3) is 0.429. The molecule has 0 aromatic carbocycles. The normalized spacial score (nSPS) is 8.26. The minimum Gasteiger partial charge on any atom is -0.452 e. The number of carbonyl (C=O) groups excluding carboxylic acids is 14. The van der Waals surface area contributed by atoms with Gasteiger partial charge in [-0.1, -0.05) is 0 Å². The van der Waals surface area contributed by atoms with Gasteiger partial charge in [0.1, 0.15) is 0 Å². The summed E-state index contributed by atoms with van der Waals surface area (Å²) in [6.45, 7) is 0. The molecule has 0 saturated carbocycles. The maximum absolute atomic E-state index is 11.4. The molecule has 42 nitrogen and oxygen atoms in total. The molecule has 0 spiro atoms. The van der Waals surface area contributed by atoms with Crippen LogP contribution in [0.15, 0.2) is 0 Å². The largest absolute Gasteiger partial charge is 0.452 e. The first-order valence-electron chi connectivity index (χ1n) is 17.1. The second-order valence-electron chi connectivity index (χ2n) is 10.5. The van der Waals surface area contributed by atoms with Gasteiger partial charge in [0.2, 0.25) is 0 Å². The Morgan fingerprint density at radius 3 is 0.757 bits per heavy atom. The van der Waals surface area contributed by atoms with E-state index >= 15 is 0 Å². The Kier molecular flexibility index (Phi) is 40.7. The van der Waals surface area contributed by atoms with Crippen LogP contribution in [0.5, 0.6) is 0 Å². The van der Waals surface area contributed by atoms with Crippen LogP contribution in [0.1, 0.15) is 0 Å². The molecule has 0 aliphatic heterocycles. The third-order valence-corrected chi connectivity index (χ3v) is 6.23. The van der Waals surface area contributed by atoms with Crippen LogP contribution >= 0.6 is 0 Å². The molecule has 17 N–H and O–H groups in total. The molecule has 0 aliphatic carbocycles. The monoisotopic (exact) mass is 1020 g/mol. The summed E-state index contributed by atoms with van der Waals surface area (Å²) in [5, 5.41) is 22.4. The van der Waals surface area contributed by atoms with Gasteiger partial charge in [0.05, 0.1) is 21.3 Å². The predicted molar refractivity (Wildman–Crippen MR) is 222 cm³/mol. The number of ether oxygens (including phenoxy) is 3. The van der Waals surface area contributed by atoms with Gasteiger partial charge in [-0.05, 0) is 0 Å². The second-order valence-corrected chi connectivity index (χ2v) is 10.5. The van der Waals surface area contributed by atoms with Crippen molar-refractivity contribution in [3.8, 4) is 12.5 Å². The number of methoxy groups -OCH3 is 3. The van der Waals surface area contributed by atoms with E-state index in [2.05, 4.69) is 39.8 Å². The van der Waals surface area contributed by atoms with Crippen LogP contribution in [0.25, 0.3) is 0 Å². The maximum atomic E-state index is 11.4. The highest BCUT2D eigenvalue weighted by Gasteiger charge is 2.21. The number of nitrogens with one attached hydrogen (secondary N) is 13. The van der Waals surface area contributed by atoms with Gasteiger partial charge < -0.3 is 41.1 Å². The van der Waals surface area contributed by atoms with E-state index in [1.165, 1.54) is 61.8 Å². The molecular formula is C28H53N21O21. The molecule has 0 saturated heterocycles. The first-order chi connectivity index (χ1) is 31.7. The number of urea groups is 11. The minimum absolute atomic E-state index is 0. The summed E-state index contributed by atoms with van der Waals surface area (Å²) in [7, 11) is 14.2. The van der Waals surface area contributed by atoms with Crippen LogP contribution in [-0.2, 0) is 23.9 Å². The standard InChI is InChI=1S/C9H18N8O5.C9H16N6O7.C5H8N4O3.C5H7N3O4.2H2O/c1-10-6(19)16(3)8(21)14-12-5(18)13-15-9(22)17(4)7(20)11-2;1-14(8(19)21-3)6(17)12-10-5(16)11-13-7(18)15(2)9(20)22-4;1-7-4(10)9(2)5(11)8-12-3-6;1-8(5(10)11-2)4(9)7-12-3-6;;/h1-4H3,(H,10,19)(H,11,20)(H,14,21)(H,15,22)(H2,12,13,18);1-4H3,(H,12,17)(H,13,18)(H2,10,11,16);1-2H3,(H,7,10)(H,8,11);1-2H3,(H,7,9);2*1H2. The number of hydroxylamine groups is 2. The van der Waals surface area contributed by atoms with Gasteiger partial charge in [-0.15, -0.1) is 10.5 Å². The van der Waals surface area contributed by atoms with Crippen molar-refractivity contribution >= 4 is 84.6 Å². The molecule has 25 amide bonds. The highest BCUT2D eigenvalue weighted by Crippen LogP contribution is 1.91. The second kappa shape index (κ2) is 40.0. The Morgan fingerprint density at radius 1 is 0.343 bits per heavy atom. The Bertz CT molecular complexity index is 1680. The van der Waals surface area contributed by atoms with Crippen LogP contribution in [0, 0.1) is 23.0 Å². The van der Waals surface area contributed by atoms with Gasteiger partial charge in [-0.3, -0.25) is 9.68 Å². The van der Waals surface area contributed by atoms with Gasteiger partial charge in [-0.2, -0.15) is 11.0 Å². The summed E-state index contributed by atoms with van der Waals surface area (Å²) in [4.78, 5) is 167. The summed E-state index contributed by atoms with van der Waals surface area (Å²) in [6.07, 6.45) is -0.335. The fourth-order valence-electron chi connectivity index (χ4n) is 2.55. The van der Waals surface area contributed by atoms with Crippen molar-refractivity contribution in [1.82, 2.24) is 99.7 Å². The Balaban J connectivity index is -0.000000201. The van der Waals surface area contributed by atoms with Crippen molar-refractivity contribution in [3.63, 3.8) is 0 Å². The third kappa shape index (κ3) is 30.5. The zero-order chi connectivity index (χ0) is 53.7. The number of rotatable bonds is 2. The number of hydrogen-bond donors (Lipinski definition) is 13. The zero-order valence-corrected chi connectivity index (χ0v) is 38.8. The van der Waals surface area contributed by atoms with Gasteiger partial charge >= 0.3 is 97.1 Å². The zero-order valence-electron chi connectivity index (χ0n) is 38.8. The number of hydrazine groups is 4. The summed E-state index contributed by atoms with van der Waals surface area (Å²) >= 11 is 0. The quantitative estimate of drug-likeness (QED) is 0.0697. The van der Waals surface area contributed by atoms with Gasteiger partial charge in [-0.25, -0.2) is 140 Å². The van der Waals surface area contributed by atoms with Crippen LogP contribution in [0.4, 0.5) is 67.1 Å². The van der Waals surface area contributed by atoms with Crippen molar-refractivity contribution in [2.45, 2.75) is 0 Å². The topological polar surface area (TPSA) is 572 Å². The Labute approximate surface area is 394 Å². The SMILES string of the molecule is CNC(=O)N(C)C(=O)NNC(=O)NNC(=O)N(C)C(=O)NC.CNC(=O)N(C)C(=O)NOC#N.COC(=O)N(C)C(=O)NNC(=O)NNC(=O)N(C)C(=O)OC.COC(=O)N(C)C(=O)NOC#N.O.O. The average molecular weight is 1020 g/mol. The van der Waals surface area contributed by atoms with Crippen LogP contribution in [-0.4, -0.2) is 210 Å². The molecule has 0 aliphatic rings. The number of nitrogens with zero attached hydrogens (tertiary/aromatic N) is 8. The fourth-order valence-corrected chi connectivity index (χ4v) is 2.55. The van der Waals surface area contributed by atoms with Gasteiger partial charge in [0.25, 0.3) is 0 Å². The summed E-state index contributed by atoms with van der Waals surface area (Å²) in [5.74, 6) is 0. The van der Waals surface area contributed by atoms with Gasteiger partial charge in [0.15, 0.2) is 0 Å². The Hall–Kier alpha value is -10.5. The molecule has 0 heterocycles. The van der Waals surface area contributed by atoms with E-state index in [1.54, 1.807) is 11.0 Å². The first kappa shape index (κ1) is 71.1. The highest BCUT2D eigenvalue weighted by atomic mass is 16.7. The molecule has 0 rings (SSSR count). The molecule has 0 radical (unpaired) electrons. The van der Waals surface area contributed by atoms with E-state index in [-0.39, 0.29) is 11.0 Å². The van der Waals surface area contributed by atoms with E-state index in [1.807, 2.05) is 43.4 Å². The molecular weight excluding hydrogens is 966 g/mol. The van der Waals surface area contributed by atoms with E-state index in [9.17, 15) is 67.1 Å². The summed E-state index contributed by atoms with van der Waals surface area (Å²) in [5.41, 5.74) is 18.3. The lowest BCUT2D eigenvalue weighted by Gasteiger charge is -2.17. The number of hydrogen-bond acceptors (Lipinski definition) is 21. The number of amides is 25. The van der Waals surface area contributed by atoms with Crippen molar-refractivity contribution in [3.05, 3.63) is 0 Å². The first-order valence-corrected chi connectivity index (χ1v) is 17.1. The van der Waals surface area contributed by atoms with Crippen molar-refractivity contribution in [1.29, 1.82) is 10.5 Å².